The van der Waals surface area contributed by atoms with Gasteiger partial charge in [0.05, 0.1) is 7.11 Å². The molecule has 4 rings (SSSR count). The number of amides is 1. The van der Waals surface area contributed by atoms with E-state index in [1.807, 2.05) is 54.6 Å². The molecule has 0 atom stereocenters. The second kappa shape index (κ2) is 12.8. The molecular formula is C33H40N2O3. The van der Waals surface area contributed by atoms with Gasteiger partial charge in [-0.25, -0.2) is 0 Å². The van der Waals surface area contributed by atoms with E-state index in [1.54, 1.807) is 13.2 Å². The van der Waals surface area contributed by atoms with Crippen molar-refractivity contribution in [2.24, 2.45) is 0 Å². The fourth-order valence-electron chi connectivity index (χ4n) is 5.23. The normalized spacial score (nSPS) is 19.4. The van der Waals surface area contributed by atoms with Crippen LogP contribution in [0.2, 0.25) is 0 Å². The minimum Gasteiger partial charge on any atom is -0.493 e. The van der Waals surface area contributed by atoms with Gasteiger partial charge in [0.1, 0.15) is 6.61 Å². The smallest absolute Gasteiger partial charge is 0.244 e. The molecule has 1 aliphatic carbocycles. The second-order valence-electron chi connectivity index (χ2n) is 10.6. The highest BCUT2D eigenvalue weighted by Crippen LogP contribution is 2.35. The average Bonchev–Trinajstić information content (AvgIpc) is 2.93. The third kappa shape index (κ3) is 7.26. The molecule has 0 bridgehead atoms. The molecule has 0 spiro atoms. The van der Waals surface area contributed by atoms with Gasteiger partial charge in [-0.1, -0.05) is 66.2 Å². The van der Waals surface area contributed by atoms with Gasteiger partial charge >= 0.3 is 0 Å². The summed E-state index contributed by atoms with van der Waals surface area (Å²) in [5, 5.41) is 3.22. The summed E-state index contributed by atoms with van der Waals surface area (Å²) in [6, 6.07) is 24.8. The largest absolute Gasteiger partial charge is 0.493 e. The monoisotopic (exact) mass is 512 g/mol. The Kier molecular flexibility index (Phi) is 9.24. The molecular weight excluding hydrogens is 472 g/mol. The lowest BCUT2D eigenvalue weighted by molar-refractivity contribution is -0.117. The average molecular weight is 513 g/mol. The maximum Gasteiger partial charge on any atom is 0.244 e. The summed E-state index contributed by atoms with van der Waals surface area (Å²) in [5.41, 5.74) is 4.78. The number of aryl methyl sites for hydroxylation is 1. The van der Waals surface area contributed by atoms with Crippen LogP contribution in [-0.2, 0) is 17.8 Å². The molecule has 0 unspecified atom stereocenters. The fourth-order valence-corrected chi connectivity index (χ4v) is 5.23. The van der Waals surface area contributed by atoms with Crippen LogP contribution in [0.25, 0.3) is 6.08 Å². The van der Waals surface area contributed by atoms with Crippen molar-refractivity contribution in [3.8, 4) is 11.5 Å². The topological polar surface area (TPSA) is 50.8 Å². The molecule has 5 heteroatoms. The van der Waals surface area contributed by atoms with E-state index in [9.17, 15) is 4.79 Å². The lowest BCUT2D eigenvalue weighted by Crippen LogP contribution is -2.52. The van der Waals surface area contributed by atoms with E-state index < -0.39 is 0 Å². The molecule has 1 N–H and O–H groups in total. The number of likely N-dealkylation sites (N-methyl/N-ethyl adjacent to an activating group) is 1. The van der Waals surface area contributed by atoms with Gasteiger partial charge in [0.15, 0.2) is 11.5 Å². The van der Waals surface area contributed by atoms with Crippen LogP contribution < -0.4 is 14.8 Å². The standard InChI is InChI=1S/C33H40N2O3/c1-25-10-12-27(13-11-25)23-33(35(2)3)20-18-29(19-21-33)34-32(36)17-15-26-14-16-30(31(22-26)37-4)38-24-28-8-6-5-7-9-28/h5-17,22,29H,18-21,23-24H2,1-4H3,(H,34,36)/b17-15+. The minimum atomic E-state index is -0.0609. The molecule has 0 aromatic heterocycles. The quantitative estimate of drug-likeness (QED) is 0.329. The second-order valence-corrected chi connectivity index (χ2v) is 10.6. The van der Waals surface area contributed by atoms with Gasteiger partial charge in [-0.15, -0.1) is 0 Å². The Balaban J connectivity index is 1.30. The lowest BCUT2D eigenvalue weighted by atomic mass is 9.74. The Hall–Kier alpha value is -3.57. The van der Waals surface area contributed by atoms with Crippen LogP contribution in [0.15, 0.2) is 78.9 Å². The number of ether oxygens (including phenoxy) is 2. The SMILES string of the molecule is COc1cc(/C=C/C(=O)NC2CCC(Cc3ccc(C)cc3)(N(C)C)CC2)ccc1OCc1ccccc1. The zero-order chi connectivity index (χ0) is 27.0. The van der Waals surface area contributed by atoms with Crippen molar-refractivity contribution in [1.29, 1.82) is 0 Å². The molecule has 3 aromatic rings. The lowest BCUT2D eigenvalue weighted by Gasteiger charge is -2.45. The number of hydrogen-bond donors (Lipinski definition) is 1. The van der Waals surface area contributed by atoms with Gasteiger partial charge in [-0.05, 0) is 88.0 Å². The van der Waals surface area contributed by atoms with E-state index in [1.165, 1.54) is 11.1 Å². The zero-order valence-electron chi connectivity index (χ0n) is 23.1. The van der Waals surface area contributed by atoms with Gasteiger partial charge in [0.25, 0.3) is 0 Å². The number of benzene rings is 3. The van der Waals surface area contributed by atoms with Crippen molar-refractivity contribution >= 4 is 12.0 Å². The van der Waals surface area contributed by atoms with Gasteiger partial charge < -0.3 is 19.7 Å². The first-order valence-electron chi connectivity index (χ1n) is 13.4. The van der Waals surface area contributed by atoms with E-state index in [0.29, 0.717) is 18.1 Å². The van der Waals surface area contributed by atoms with E-state index in [-0.39, 0.29) is 17.5 Å². The number of nitrogens with one attached hydrogen (secondary N) is 1. The van der Waals surface area contributed by atoms with Crippen LogP contribution in [0.3, 0.4) is 0 Å². The Morgan fingerprint density at radius 1 is 0.974 bits per heavy atom. The summed E-state index contributed by atoms with van der Waals surface area (Å²) in [4.78, 5) is 15.1. The van der Waals surface area contributed by atoms with Crippen molar-refractivity contribution in [2.75, 3.05) is 21.2 Å². The van der Waals surface area contributed by atoms with Gasteiger partial charge in [0, 0.05) is 17.7 Å². The minimum absolute atomic E-state index is 0.0609. The highest BCUT2D eigenvalue weighted by molar-refractivity contribution is 5.92. The molecule has 1 amide bonds. The first-order valence-corrected chi connectivity index (χ1v) is 13.4. The molecule has 5 nitrogen and oxygen atoms in total. The predicted molar refractivity (Wildman–Crippen MR) is 155 cm³/mol. The molecule has 0 heterocycles. The molecule has 0 aliphatic heterocycles. The molecule has 1 aliphatic rings. The summed E-state index contributed by atoms with van der Waals surface area (Å²) < 4.78 is 11.5. The van der Waals surface area contributed by atoms with Gasteiger partial charge in [-0.3, -0.25) is 4.79 Å². The Labute approximate surface area is 227 Å². The van der Waals surface area contributed by atoms with E-state index in [0.717, 1.165) is 43.2 Å². The fraction of sp³-hybridized carbons (Fsp3) is 0.364. The first-order chi connectivity index (χ1) is 18.4. The molecule has 1 saturated carbocycles. The highest BCUT2D eigenvalue weighted by Gasteiger charge is 2.37. The van der Waals surface area contributed by atoms with Crippen LogP contribution in [-0.4, -0.2) is 43.6 Å². The third-order valence-corrected chi connectivity index (χ3v) is 7.72. The Morgan fingerprint density at radius 2 is 1.68 bits per heavy atom. The maximum atomic E-state index is 12.7. The van der Waals surface area contributed by atoms with E-state index in [2.05, 4.69) is 55.5 Å². The third-order valence-electron chi connectivity index (χ3n) is 7.72. The Morgan fingerprint density at radius 3 is 2.34 bits per heavy atom. The van der Waals surface area contributed by atoms with Crippen molar-refractivity contribution in [2.45, 2.75) is 57.2 Å². The van der Waals surface area contributed by atoms with Crippen molar-refractivity contribution in [3.63, 3.8) is 0 Å². The van der Waals surface area contributed by atoms with Crippen LogP contribution in [0.5, 0.6) is 11.5 Å². The summed E-state index contributed by atoms with van der Waals surface area (Å²) >= 11 is 0. The molecule has 0 saturated heterocycles. The van der Waals surface area contributed by atoms with Crippen molar-refractivity contribution < 1.29 is 14.3 Å². The molecule has 3 aromatic carbocycles. The van der Waals surface area contributed by atoms with Crippen molar-refractivity contribution in [3.05, 3.63) is 101 Å². The molecule has 38 heavy (non-hydrogen) atoms. The summed E-state index contributed by atoms with van der Waals surface area (Å²) in [6.45, 7) is 2.59. The maximum absolute atomic E-state index is 12.7. The number of rotatable bonds is 10. The summed E-state index contributed by atoms with van der Waals surface area (Å²) in [7, 11) is 5.99. The van der Waals surface area contributed by atoms with E-state index in [4.69, 9.17) is 9.47 Å². The predicted octanol–water partition coefficient (Wildman–Crippen LogP) is 6.20. The number of carbonyl (C=O) groups is 1. The summed E-state index contributed by atoms with van der Waals surface area (Å²) in [6.07, 6.45) is 8.54. The number of carbonyl (C=O) groups excluding carboxylic acids is 1. The Bertz CT molecular complexity index is 1210. The molecule has 0 radical (unpaired) electrons. The van der Waals surface area contributed by atoms with E-state index >= 15 is 0 Å². The van der Waals surface area contributed by atoms with Gasteiger partial charge in [-0.2, -0.15) is 0 Å². The molecule has 200 valence electrons. The number of hydrogen-bond acceptors (Lipinski definition) is 4. The van der Waals surface area contributed by atoms with Crippen LogP contribution in [0, 0.1) is 6.92 Å². The van der Waals surface area contributed by atoms with Crippen LogP contribution >= 0.6 is 0 Å². The summed E-state index contributed by atoms with van der Waals surface area (Å²) in [5.74, 6) is 1.26. The van der Waals surface area contributed by atoms with Gasteiger partial charge in [0.2, 0.25) is 5.91 Å². The highest BCUT2D eigenvalue weighted by atomic mass is 16.5. The number of methoxy groups -OCH3 is 1. The van der Waals surface area contributed by atoms with Crippen LogP contribution in [0.1, 0.15) is 47.9 Å². The van der Waals surface area contributed by atoms with Crippen LogP contribution in [0.4, 0.5) is 0 Å². The van der Waals surface area contributed by atoms with Crippen molar-refractivity contribution in [1.82, 2.24) is 10.2 Å². The first kappa shape index (κ1) is 27.5. The molecule has 1 fully saturated rings. The zero-order valence-corrected chi connectivity index (χ0v) is 23.1. The number of nitrogens with zero attached hydrogens (tertiary/aromatic N) is 1.